The summed E-state index contributed by atoms with van der Waals surface area (Å²) in [6.07, 6.45) is 3.52. The van der Waals surface area contributed by atoms with Crippen molar-refractivity contribution in [3.05, 3.63) is 66.6 Å². The Morgan fingerprint density at radius 1 is 1.21 bits per heavy atom. The van der Waals surface area contributed by atoms with E-state index in [2.05, 4.69) is 22.0 Å². The molecule has 24 heavy (non-hydrogen) atoms. The molecule has 0 radical (unpaired) electrons. The van der Waals surface area contributed by atoms with Gasteiger partial charge in [-0.15, -0.1) is 0 Å². The van der Waals surface area contributed by atoms with Crippen LogP contribution in [-0.4, -0.2) is 25.5 Å². The Morgan fingerprint density at radius 3 is 2.79 bits per heavy atom. The van der Waals surface area contributed by atoms with Crippen molar-refractivity contribution >= 4 is 29.0 Å². The second-order valence-electron chi connectivity index (χ2n) is 5.16. The third kappa shape index (κ3) is 3.57. The molecule has 0 aliphatic heterocycles. The standard InChI is InChI=1S/C19H19N3O2/c1-20-19(14-3-8-18-15(11-14)9-10-21-18)12-24-13-22-16-4-6-17(23-2)7-5-16/h3-12,21-22H,1,13H2,2H3/b19-12-. The number of nitrogens with zero attached hydrogens (tertiary/aromatic N) is 1. The van der Waals surface area contributed by atoms with Gasteiger partial charge in [-0.05, 0) is 49.2 Å². The fourth-order valence-electron chi connectivity index (χ4n) is 2.36. The van der Waals surface area contributed by atoms with Crippen LogP contribution in [0, 0.1) is 0 Å². The van der Waals surface area contributed by atoms with Crippen LogP contribution in [0.5, 0.6) is 5.75 Å². The first-order valence-electron chi connectivity index (χ1n) is 7.54. The summed E-state index contributed by atoms with van der Waals surface area (Å²) in [5.41, 5.74) is 3.69. The number of aliphatic imine (C=N–C) groups is 1. The fourth-order valence-corrected chi connectivity index (χ4v) is 2.36. The second-order valence-corrected chi connectivity index (χ2v) is 5.16. The summed E-state index contributed by atoms with van der Waals surface area (Å²) >= 11 is 0. The second kappa shape index (κ2) is 7.37. The van der Waals surface area contributed by atoms with Crippen LogP contribution in [0.25, 0.3) is 16.6 Å². The number of hydrogen-bond acceptors (Lipinski definition) is 4. The minimum Gasteiger partial charge on any atom is -0.497 e. The van der Waals surface area contributed by atoms with Gasteiger partial charge in [0.05, 0.1) is 7.11 Å². The van der Waals surface area contributed by atoms with Crippen molar-refractivity contribution in [2.45, 2.75) is 0 Å². The van der Waals surface area contributed by atoms with Crippen molar-refractivity contribution in [3.63, 3.8) is 0 Å². The van der Waals surface area contributed by atoms with Gasteiger partial charge in [-0.1, -0.05) is 6.07 Å². The molecule has 1 heterocycles. The van der Waals surface area contributed by atoms with Crippen molar-refractivity contribution in [2.75, 3.05) is 19.2 Å². The van der Waals surface area contributed by atoms with Crippen LogP contribution in [0.15, 0.2) is 66.0 Å². The van der Waals surface area contributed by atoms with Crippen LogP contribution in [0.4, 0.5) is 5.69 Å². The van der Waals surface area contributed by atoms with Gasteiger partial charge in [-0.2, -0.15) is 0 Å². The molecule has 0 aliphatic carbocycles. The first kappa shape index (κ1) is 15.7. The maximum absolute atomic E-state index is 5.55. The Morgan fingerprint density at radius 2 is 2.04 bits per heavy atom. The Bertz CT molecular complexity index is 850. The smallest absolute Gasteiger partial charge is 0.158 e. The molecular formula is C19H19N3O2. The van der Waals surface area contributed by atoms with E-state index < -0.39 is 0 Å². The molecule has 0 fully saturated rings. The average molecular weight is 321 g/mol. The number of anilines is 1. The lowest BCUT2D eigenvalue weighted by atomic mass is 10.1. The number of methoxy groups -OCH3 is 1. The van der Waals surface area contributed by atoms with Gasteiger partial charge in [0.1, 0.15) is 17.7 Å². The first-order chi connectivity index (χ1) is 11.8. The van der Waals surface area contributed by atoms with E-state index in [9.17, 15) is 0 Å². The molecule has 1 aromatic heterocycles. The van der Waals surface area contributed by atoms with E-state index in [1.54, 1.807) is 13.4 Å². The molecule has 0 unspecified atom stereocenters. The van der Waals surface area contributed by atoms with Crippen LogP contribution in [0.3, 0.4) is 0 Å². The molecule has 0 bridgehead atoms. The molecule has 0 saturated carbocycles. The van der Waals surface area contributed by atoms with Gasteiger partial charge in [0, 0.05) is 28.4 Å². The number of rotatable bonds is 7. The van der Waals surface area contributed by atoms with Crippen molar-refractivity contribution in [1.82, 2.24) is 4.98 Å². The zero-order valence-corrected chi connectivity index (χ0v) is 13.5. The van der Waals surface area contributed by atoms with Gasteiger partial charge in [0.25, 0.3) is 0 Å². The summed E-state index contributed by atoms with van der Waals surface area (Å²) in [6.45, 7) is 3.95. The fraction of sp³-hybridized carbons (Fsp3) is 0.105. The molecule has 0 saturated heterocycles. The number of hydrogen-bond donors (Lipinski definition) is 2. The van der Waals surface area contributed by atoms with Gasteiger partial charge in [-0.25, -0.2) is 0 Å². The topological polar surface area (TPSA) is 58.6 Å². The lowest BCUT2D eigenvalue weighted by molar-refractivity contribution is 0.276. The van der Waals surface area contributed by atoms with Crippen LogP contribution in [0.2, 0.25) is 0 Å². The van der Waals surface area contributed by atoms with E-state index in [-0.39, 0.29) is 0 Å². The van der Waals surface area contributed by atoms with Crippen molar-refractivity contribution in [2.24, 2.45) is 4.99 Å². The molecule has 122 valence electrons. The van der Waals surface area contributed by atoms with Gasteiger partial charge in [-0.3, -0.25) is 4.99 Å². The molecule has 5 nitrogen and oxygen atoms in total. The summed E-state index contributed by atoms with van der Waals surface area (Å²) < 4.78 is 10.7. The number of aromatic nitrogens is 1. The number of ether oxygens (including phenoxy) is 2. The summed E-state index contributed by atoms with van der Waals surface area (Å²) in [6, 6.07) is 15.7. The third-order valence-corrected chi connectivity index (χ3v) is 3.66. The number of nitrogens with one attached hydrogen (secondary N) is 2. The summed E-state index contributed by atoms with van der Waals surface area (Å²) in [5.74, 6) is 0.819. The predicted octanol–water partition coefficient (Wildman–Crippen LogP) is 4.26. The van der Waals surface area contributed by atoms with Crippen LogP contribution < -0.4 is 10.1 Å². The summed E-state index contributed by atoms with van der Waals surface area (Å²) in [5, 5.41) is 4.29. The van der Waals surface area contributed by atoms with E-state index in [0.717, 1.165) is 27.9 Å². The molecule has 0 amide bonds. The Kier molecular flexibility index (Phi) is 4.81. The number of fused-ring (bicyclic) bond motifs is 1. The zero-order chi connectivity index (χ0) is 16.8. The lowest BCUT2D eigenvalue weighted by Crippen LogP contribution is -2.02. The highest BCUT2D eigenvalue weighted by Gasteiger charge is 2.02. The quantitative estimate of drug-likeness (QED) is 0.296. The molecule has 5 heteroatoms. The van der Waals surface area contributed by atoms with E-state index in [1.807, 2.05) is 54.7 Å². The van der Waals surface area contributed by atoms with E-state index in [0.29, 0.717) is 12.4 Å². The van der Waals surface area contributed by atoms with Gasteiger partial charge < -0.3 is 19.8 Å². The van der Waals surface area contributed by atoms with Crippen LogP contribution >= 0.6 is 0 Å². The molecule has 3 aromatic rings. The molecule has 0 atom stereocenters. The molecule has 2 N–H and O–H groups in total. The van der Waals surface area contributed by atoms with Crippen molar-refractivity contribution in [1.29, 1.82) is 0 Å². The summed E-state index contributed by atoms with van der Waals surface area (Å²) in [7, 11) is 1.64. The lowest BCUT2D eigenvalue weighted by Gasteiger charge is -2.08. The van der Waals surface area contributed by atoms with Gasteiger partial charge in [0.15, 0.2) is 6.73 Å². The van der Waals surface area contributed by atoms with Crippen molar-refractivity contribution in [3.8, 4) is 5.75 Å². The van der Waals surface area contributed by atoms with E-state index in [1.165, 1.54) is 0 Å². The molecular weight excluding hydrogens is 302 g/mol. The average Bonchev–Trinajstić information content (AvgIpc) is 3.10. The highest BCUT2D eigenvalue weighted by molar-refractivity contribution is 5.84. The van der Waals surface area contributed by atoms with Crippen molar-refractivity contribution < 1.29 is 9.47 Å². The Hall–Kier alpha value is -3.21. The zero-order valence-electron chi connectivity index (χ0n) is 13.5. The Labute approximate surface area is 140 Å². The Balaban J connectivity index is 1.61. The monoisotopic (exact) mass is 321 g/mol. The molecule has 0 aliphatic rings. The normalized spacial score (nSPS) is 11.3. The molecule has 2 aromatic carbocycles. The maximum atomic E-state index is 5.55. The van der Waals surface area contributed by atoms with E-state index in [4.69, 9.17) is 9.47 Å². The maximum Gasteiger partial charge on any atom is 0.158 e. The number of H-pyrrole nitrogens is 1. The largest absolute Gasteiger partial charge is 0.497 e. The van der Waals surface area contributed by atoms with Gasteiger partial charge >= 0.3 is 0 Å². The van der Waals surface area contributed by atoms with E-state index >= 15 is 0 Å². The highest BCUT2D eigenvalue weighted by atomic mass is 16.5. The van der Waals surface area contributed by atoms with Gasteiger partial charge in [0.2, 0.25) is 0 Å². The minimum absolute atomic E-state index is 0.331. The molecule has 3 rings (SSSR count). The minimum atomic E-state index is 0.331. The number of aromatic amines is 1. The first-order valence-corrected chi connectivity index (χ1v) is 7.54. The highest BCUT2D eigenvalue weighted by Crippen LogP contribution is 2.21. The number of benzene rings is 2. The third-order valence-electron chi connectivity index (χ3n) is 3.66. The predicted molar refractivity (Wildman–Crippen MR) is 98.4 cm³/mol. The SMILES string of the molecule is C=N/C(=C\OCNc1ccc(OC)cc1)c1ccc2[nH]ccc2c1. The van der Waals surface area contributed by atoms with Crippen LogP contribution in [0.1, 0.15) is 5.56 Å². The molecule has 0 spiro atoms. The van der Waals surface area contributed by atoms with Crippen LogP contribution in [-0.2, 0) is 4.74 Å². The summed E-state index contributed by atoms with van der Waals surface area (Å²) in [4.78, 5) is 7.21.